The van der Waals surface area contributed by atoms with Gasteiger partial charge in [-0.05, 0) is 43.7 Å². The first-order valence-corrected chi connectivity index (χ1v) is 14.8. The summed E-state index contributed by atoms with van der Waals surface area (Å²) in [5.41, 5.74) is 0.0970. The third-order valence-electron chi connectivity index (χ3n) is 6.20. The van der Waals surface area contributed by atoms with Crippen molar-refractivity contribution in [1.29, 1.82) is 0 Å². The third kappa shape index (κ3) is 6.21. The molecule has 2 amide bonds. The van der Waals surface area contributed by atoms with Gasteiger partial charge in [0, 0.05) is 43.4 Å². The van der Waals surface area contributed by atoms with Gasteiger partial charge in [0.1, 0.15) is 22.1 Å². The largest absolute Gasteiger partial charge is 0.480 e. The molecule has 1 saturated heterocycles. The van der Waals surface area contributed by atoms with Crippen molar-refractivity contribution in [3.8, 4) is 5.75 Å². The fourth-order valence-electron chi connectivity index (χ4n) is 4.19. The zero-order chi connectivity index (χ0) is 29.2. The van der Waals surface area contributed by atoms with Crippen molar-refractivity contribution in [2.45, 2.75) is 42.1 Å². The Bertz CT molecular complexity index is 1540. The van der Waals surface area contributed by atoms with Gasteiger partial charge in [0.2, 0.25) is 0 Å². The van der Waals surface area contributed by atoms with Crippen LogP contribution in [0.5, 0.6) is 5.75 Å². The normalized spacial score (nSPS) is 17.2. The molecule has 2 N–H and O–H groups in total. The van der Waals surface area contributed by atoms with Gasteiger partial charge in [-0.2, -0.15) is 0 Å². The zero-order valence-corrected chi connectivity index (χ0v) is 24.0. The Morgan fingerprint density at radius 3 is 2.40 bits per heavy atom. The molecule has 0 aliphatic carbocycles. The van der Waals surface area contributed by atoms with Crippen LogP contribution in [-0.2, 0) is 26.0 Å². The molecule has 2 atom stereocenters. The highest BCUT2D eigenvalue weighted by atomic mass is 32.2. The number of amides is 2. The molecule has 0 spiro atoms. The van der Waals surface area contributed by atoms with E-state index in [4.69, 9.17) is 4.74 Å². The van der Waals surface area contributed by atoms with Gasteiger partial charge >= 0.3 is 12.1 Å². The molecule has 1 fully saturated rings. The first-order valence-electron chi connectivity index (χ1n) is 12.3. The number of ether oxygens (including phenoxy) is 1. The fraction of sp³-hybridized carbons (Fsp3) is 0.333. The van der Waals surface area contributed by atoms with E-state index in [1.165, 1.54) is 73.4 Å². The Labute approximate surface area is 236 Å². The van der Waals surface area contributed by atoms with Crippen molar-refractivity contribution in [3.63, 3.8) is 0 Å². The molecular weight excluding hydrogens is 556 g/mol. The summed E-state index contributed by atoms with van der Waals surface area (Å²) in [5.74, 6) is -1.62. The quantitative estimate of drug-likeness (QED) is 0.404. The SMILES string of the molecule is CN(C)C(=O)Oc1ccc(C[C@@H](C(=O)O)N(C(=O)[C@H]2NC(C)(C)CS2)S(=O)(=O)c2cccc3cccnc23)cc1. The monoisotopic (exact) mass is 586 g/mol. The Hall–Kier alpha value is -3.68. The second kappa shape index (κ2) is 11.4. The summed E-state index contributed by atoms with van der Waals surface area (Å²) in [6.45, 7) is 3.75. The number of carbonyl (C=O) groups is 3. The van der Waals surface area contributed by atoms with Crippen LogP contribution in [0.25, 0.3) is 10.9 Å². The van der Waals surface area contributed by atoms with Gasteiger partial charge in [-0.3, -0.25) is 15.1 Å². The van der Waals surface area contributed by atoms with E-state index in [2.05, 4.69) is 10.3 Å². The predicted molar refractivity (Wildman–Crippen MR) is 151 cm³/mol. The molecule has 0 radical (unpaired) electrons. The molecule has 0 bridgehead atoms. The molecule has 11 nitrogen and oxygen atoms in total. The number of rotatable bonds is 8. The highest BCUT2D eigenvalue weighted by molar-refractivity contribution is 8.01. The summed E-state index contributed by atoms with van der Waals surface area (Å²) in [7, 11) is -1.62. The van der Waals surface area contributed by atoms with E-state index in [1.807, 2.05) is 13.8 Å². The molecule has 1 aliphatic heterocycles. The van der Waals surface area contributed by atoms with Crippen molar-refractivity contribution in [2.75, 3.05) is 19.8 Å². The topological polar surface area (TPSA) is 146 Å². The van der Waals surface area contributed by atoms with E-state index in [0.29, 0.717) is 21.0 Å². The summed E-state index contributed by atoms with van der Waals surface area (Å²) < 4.78 is 34.0. The Morgan fingerprint density at radius 1 is 1.12 bits per heavy atom. The smallest absolute Gasteiger partial charge is 0.414 e. The number of carboxylic acids is 1. The van der Waals surface area contributed by atoms with E-state index in [1.54, 1.807) is 18.2 Å². The minimum atomic E-state index is -4.69. The molecule has 1 aromatic heterocycles. The summed E-state index contributed by atoms with van der Waals surface area (Å²) in [5, 5.41) is 12.9. The molecule has 212 valence electrons. The van der Waals surface area contributed by atoms with Crippen molar-refractivity contribution in [2.24, 2.45) is 0 Å². The number of nitrogens with zero attached hydrogens (tertiary/aromatic N) is 3. The number of carbonyl (C=O) groups excluding carboxylic acids is 2. The Morgan fingerprint density at radius 2 is 1.80 bits per heavy atom. The molecule has 40 heavy (non-hydrogen) atoms. The molecule has 4 rings (SSSR count). The number of sulfonamides is 1. The lowest BCUT2D eigenvalue weighted by atomic mass is 10.1. The van der Waals surface area contributed by atoms with E-state index in [0.717, 1.165) is 0 Å². The van der Waals surface area contributed by atoms with Crippen molar-refractivity contribution < 1.29 is 32.6 Å². The number of fused-ring (bicyclic) bond motifs is 1. The number of pyridine rings is 1. The number of para-hydroxylation sites is 1. The summed E-state index contributed by atoms with van der Waals surface area (Å²) >= 11 is 1.22. The Balaban J connectivity index is 1.76. The van der Waals surface area contributed by atoms with E-state index < -0.39 is 44.9 Å². The molecule has 0 unspecified atom stereocenters. The van der Waals surface area contributed by atoms with Crippen LogP contribution in [0.3, 0.4) is 0 Å². The fourth-order valence-corrected chi connectivity index (χ4v) is 7.30. The van der Waals surface area contributed by atoms with Crippen LogP contribution in [0.1, 0.15) is 19.4 Å². The maximum Gasteiger partial charge on any atom is 0.414 e. The van der Waals surface area contributed by atoms with Gasteiger partial charge in [-0.25, -0.2) is 22.3 Å². The maximum absolute atomic E-state index is 14.2. The van der Waals surface area contributed by atoms with Crippen LogP contribution in [0.4, 0.5) is 4.79 Å². The summed E-state index contributed by atoms with van der Waals surface area (Å²) in [6.07, 6.45) is 0.525. The number of thioether (sulfide) groups is 1. The number of benzene rings is 2. The zero-order valence-electron chi connectivity index (χ0n) is 22.4. The van der Waals surface area contributed by atoms with Crippen LogP contribution in [0, 0.1) is 0 Å². The van der Waals surface area contributed by atoms with E-state index >= 15 is 0 Å². The number of aromatic nitrogens is 1. The lowest BCUT2D eigenvalue weighted by Crippen LogP contribution is -2.55. The lowest BCUT2D eigenvalue weighted by Gasteiger charge is -2.31. The van der Waals surface area contributed by atoms with E-state index in [-0.39, 0.29) is 22.6 Å². The number of aliphatic carboxylic acids is 1. The van der Waals surface area contributed by atoms with Crippen LogP contribution in [-0.4, -0.2) is 82.5 Å². The van der Waals surface area contributed by atoms with Gasteiger partial charge in [0.15, 0.2) is 0 Å². The average Bonchev–Trinajstić information content (AvgIpc) is 3.28. The lowest BCUT2D eigenvalue weighted by molar-refractivity contribution is -0.146. The number of carboxylic acid groups (broad SMARTS) is 1. The Kier molecular flexibility index (Phi) is 8.38. The standard InChI is InChI=1S/C27H30N4O7S2/c1-27(2)16-39-23(29-27)24(32)31(40(36,37)21-9-5-7-18-8-6-14-28-22(18)21)20(25(33)34)15-17-10-12-19(13-11-17)38-26(35)30(3)4/h5-14,20,23,29H,15-16H2,1-4H3,(H,33,34)/t20-,23-/m0/s1. The van der Waals surface area contributed by atoms with Gasteiger partial charge in [-0.15, -0.1) is 11.8 Å². The first-order chi connectivity index (χ1) is 18.8. The highest BCUT2D eigenvalue weighted by Crippen LogP contribution is 2.32. The highest BCUT2D eigenvalue weighted by Gasteiger charge is 2.46. The van der Waals surface area contributed by atoms with Crippen LogP contribution >= 0.6 is 11.8 Å². The van der Waals surface area contributed by atoms with Crippen LogP contribution in [0.2, 0.25) is 0 Å². The number of nitrogens with one attached hydrogen (secondary N) is 1. The van der Waals surface area contributed by atoms with Crippen LogP contribution < -0.4 is 10.1 Å². The van der Waals surface area contributed by atoms with Crippen LogP contribution in [0.15, 0.2) is 65.7 Å². The number of hydrogen-bond acceptors (Lipinski definition) is 9. The van der Waals surface area contributed by atoms with Gasteiger partial charge < -0.3 is 14.7 Å². The molecule has 2 heterocycles. The van der Waals surface area contributed by atoms with Gasteiger partial charge in [0.05, 0.1) is 5.52 Å². The number of hydrogen-bond donors (Lipinski definition) is 2. The maximum atomic E-state index is 14.2. The van der Waals surface area contributed by atoms with E-state index in [9.17, 15) is 27.9 Å². The molecule has 3 aromatic rings. The summed E-state index contributed by atoms with van der Waals surface area (Å²) in [6, 6.07) is 12.1. The minimum absolute atomic E-state index is 0.131. The first kappa shape index (κ1) is 29.3. The molecule has 1 aliphatic rings. The second-order valence-electron chi connectivity index (χ2n) is 10.2. The molecular formula is C27H30N4O7S2. The van der Waals surface area contributed by atoms with Crippen molar-refractivity contribution in [3.05, 3.63) is 66.4 Å². The van der Waals surface area contributed by atoms with Gasteiger partial charge in [0.25, 0.3) is 15.9 Å². The molecule has 2 aromatic carbocycles. The molecule has 0 saturated carbocycles. The van der Waals surface area contributed by atoms with Crippen molar-refractivity contribution >= 4 is 50.7 Å². The van der Waals surface area contributed by atoms with Gasteiger partial charge in [-0.1, -0.05) is 30.3 Å². The van der Waals surface area contributed by atoms with Crippen molar-refractivity contribution in [1.82, 2.24) is 19.5 Å². The molecule has 13 heteroatoms. The average molecular weight is 587 g/mol. The minimum Gasteiger partial charge on any atom is -0.480 e. The predicted octanol–water partition coefficient (Wildman–Crippen LogP) is 2.95. The second-order valence-corrected chi connectivity index (χ2v) is 13.0. The summed E-state index contributed by atoms with van der Waals surface area (Å²) in [4.78, 5) is 43.6. The third-order valence-corrected chi connectivity index (χ3v) is 9.58.